The SMILES string of the molecule is COc1ccc(C(=O)N2CCN(C(=O)c3ccc(CCNS(C)(=O)=O)cc3)CC2)cc1. The molecule has 2 aromatic carbocycles. The summed E-state index contributed by atoms with van der Waals surface area (Å²) in [6.45, 7) is 2.22. The number of carbonyl (C=O) groups excluding carboxylic acids is 2. The molecule has 0 atom stereocenters. The number of nitrogens with one attached hydrogen (secondary N) is 1. The second kappa shape index (κ2) is 9.93. The van der Waals surface area contributed by atoms with Gasteiger partial charge in [-0.1, -0.05) is 12.1 Å². The summed E-state index contributed by atoms with van der Waals surface area (Å²) < 4.78 is 29.8. The second-order valence-corrected chi connectivity index (χ2v) is 9.26. The number of hydrogen-bond donors (Lipinski definition) is 1. The van der Waals surface area contributed by atoms with Crippen LogP contribution >= 0.6 is 0 Å². The van der Waals surface area contributed by atoms with Gasteiger partial charge in [-0.25, -0.2) is 13.1 Å². The topological polar surface area (TPSA) is 96.0 Å². The normalized spacial score (nSPS) is 14.4. The lowest BCUT2D eigenvalue weighted by Gasteiger charge is -2.35. The lowest BCUT2D eigenvalue weighted by atomic mass is 10.1. The Balaban J connectivity index is 1.51. The van der Waals surface area contributed by atoms with Crippen LogP contribution in [0.1, 0.15) is 26.3 Å². The fraction of sp³-hybridized carbons (Fsp3) is 0.364. The third-order valence-corrected chi connectivity index (χ3v) is 5.90. The van der Waals surface area contributed by atoms with Crippen LogP contribution in [0.5, 0.6) is 5.75 Å². The van der Waals surface area contributed by atoms with Crippen molar-refractivity contribution in [1.82, 2.24) is 14.5 Å². The average Bonchev–Trinajstić information content (AvgIpc) is 2.78. The minimum atomic E-state index is -3.21. The van der Waals surface area contributed by atoms with Gasteiger partial charge in [0.25, 0.3) is 11.8 Å². The molecule has 0 spiro atoms. The van der Waals surface area contributed by atoms with E-state index in [1.54, 1.807) is 53.3 Å². The number of sulfonamides is 1. The molecular formula is C22H27N3O5S. The van der Waals surface area contributed by atoms with E-state index in [-0.39, 0.29) is 11.8 Å². The van der Waals surface area contributed by atoms with E-state index in [1.165, 1.54) is 0 Å². The third-order valence-electron chi connectivity index (χ3n) is 5.17. The minimum Gasteiger partial charge on any atom is -0.497 e. The fourth-order valence-corrected chi connectivity index (χ4v) is 3.88. The van der Waals surface area contributed by atoms with Crippen molar-refractivity contribution in [1.29, 1.82) is 0 Å². The standard InChI is InChI=1S/C22H27N3O5S/c1-30-20-9-7-19(8-10-20)22(27)25-15-13-24(14-16-25)21(26)18-5-3-17(4-6-18)11-12-23-31(2,28)29/h3-10,23H,11-16H2,1-2H3. The molecule has 166 valence electrons. The number of benzene rings is 2. The van der Waals surface area contributed by atoms with Gasteiger partial charge in [-0.05, 0) is 48.4 Å². The molecule has 1 fully saturated rings. The zero-order chi connectivity index (χ0) is 22.4. The molecule has 2 amide bonds. The molecule has 31 heavy (non-hydrogen) atoms. The lowest BCUT2D eigenvalue weighted by Crippen LogP contribution is -2.50. The van der Waals surface area contributed by atoms with Gasteiger partial charge in [0.2, 0.25) is 10.0 Å². The van der Waals surface area contributed by atoms with Gasteiger partial charge in [-0.15, -0.1) is 0 Å². The summed E-state index contributed by atoms with van der Waals surface area (Å²) >= 11 is 0. The molecule has 0 radical (unpaired) electrons. The Hall–Kier alpha value is -2.91. The van der Waals surface area contributed by atoms with Crippen molar-refractivity contribution in [3.8, 4) is 5.75 Å². The Bertz CT molecular complexity index is 1010. The monoisotopic (exact) mass is 445 g/mol. The number of carbonyl (C=O) groups is 2. The zero-order valence-corrected chi connectivity index (χ0v) is 18.5. The van der Waals surface area contributed by atoms with E-state index in [4.69, 9.17) is 4.74 Å². The molecule has 1 heterocycles. The zero-order valence-electron chi connectivity index (χ0n) is 17.7. The molecular weight excluding hydrogens is 418 g/mol. The largest absolute Gasteiger partial charge is 0.497 e. The van der Waals surface area contributed by atoms with E-state index in [0.717, 1.165) is 11.8 Å². The quantitative estimate of drug-likeness (QED) is 0.695. The highest BCUT2D eigenvalue weighted by Gasteiger charge is 2.25. The molecule has 1 saturated heterocycles. The third kappa shape index (κ3) is 6.28. The molecule has 1 aliphatic heterocycles. The van der Waals surface area contributed by atoms with Gasteiger partial charge >= 0.3 is 0 Å². The van der Waals surface area contributed by atoms with Crippen LogP contribution in [-0.2, 0) is 16.4 Å². The fourth-order valence-electron chi connectivity index (χ4n) is 3.41. The number of rotatable bonds is 7. The summed E-state index contributed by atoms with van der Waals surface area (Å²) in [5.74, 6) is 0.573. The number of amides is 2. The van der Waals surface area contributed by atoms with Gasteiger partial charge in [-0.3, -0.25) is 9.59 Å². The highest BCUT2D eigenvalue weighted by atomic mass is 32.2. The molecule has 1 aliphatic rings. The predicted octanol–water partition coefficient (Wildman–Crippen LogP) is 1.39. The number of hydrogen-bond acceptors (Lipinski definition) is 5. The van der Waals surface area contributed by atoms with E-state index in [2.05, 4.69) is 4.72 Å². The van der Waals surface area contributed by atoms with Crippen LogP contribution in [0.4, 0.5) is 0 Å². The van der Waals surface area contributed by atoms with Crippen LogP contribution in [0.25, 0.3) is 0 Å². The first kappa shape index (κ1) is 22.8. The van der Waals surface area contributed by atoms with Crippen molar-refractivity contribution >= 4 is 21.8 Å². The number of nitrogens with zero attached hydrogens (tertiary/aromatic N) is 2. The number of methoxy groups -OCH3 is 1. The second-order valence-electron chi connectivity index (χ2n) is 7.43. The van der Waals surface area contributed by atoms with E-state index in [1.807, 2.05) is 12.1 Å². The Labute approximate surface area is 182 Å². The Kier molecular flexibility index (Phi) is 7.29. The maximum absolute atomic E-state index is 12.8. The lowest BCUT2D eigenvalue weighted by molar-refractivity contribution is 0.0535. The Morgan fingerprint density at radius 2 is 1.32 bits per heavy atom. The van der Waals surface area contributed by atoms with Crippen LogP contribution in [0, 0.1) is 0 Å². The Morgan fingerprint density at radius 3 is 1.74 bits per heavy atom. The van der Waals surface area contributed by atoms with Crippen molar-refractivity contribution in [3.63, 3.8) is 0 Å². The molecule has 9 heteroatoms. The van der Waals surface area contributed by atoms with E-state index < -0.39 is 10.0 Å². The maximum Gasteiger partial charge on any atom is 0.253 e. The summed E-state index contributed by atoms with van der Waals surface area (Å²) in [5.41, 5.74) is 2.12. The first-order valence-electron chi connectivity index (χ1n) is 10.0. The van der Waals surface area contributed by atoms with Crippen LogP contribution in [0.3, 0.4) is 0 Å². The van der Waals surface area contributed by atoms with Crippen molar-refractivity contribution in [3.05, 3.63) is 65.2 Å². The van der Waals surface area contributed by atoms with Gasteiger partial charge < -0.3 is 14.5 Å². The summed E-state index contributed by atoms with van der Waals surface area (Å²) in [6.07, 6.45) is 1.67. The first-order valence-corrected chi connectivity index (χ1v) is 11.9. The summed E-state index contributed by atoms with van der Waals surface area (Å²) in [6, 6.07) is 14.2. The molecule has 2 aromatic rings. The molecule has 0 aromatic heterocycles. The predicted molar refractivity (Wildman–Crippen MR) is 118 cm³/mol. The van der Waals surface area contributed by atoms with Crippen LogP contribution < -0.4 is 9.46 Å². The molecule has 0 bridgehead atoms. The molecule has 0 aliphatic carbocycles. The Morgan fingerprint density at radius 1 is 0.871 bits per heavy atom. The van der Waals surface area contributed by atoms with Crippen molar-refractivity contribution in [2.24, 2.45) is 0 Å². The molecule has 8 nitrogen and oxygen atoms in total. The van der Waals surface area contributed by atoms with E-state index in [9.17, 15) is 18.0 Å². The highest BCUT2D eigenvalue weighted by molar-refractivity contribution is 7.88. The first-order chi connectivity index (χ1) is 14.8. The molecule has 3 rings (SSSR count). The summed E-state index contributed by atoms with van der Waals surface area (Å²) in [5, 5.41) is 0. The van der Waals surface area contributed by atoms with Gasteiger partial charge in [0.1, 0.15) is 5.75 Å². The van der Waals surface area contributed by atoms with Crippen molar-refractivity contribution in [2.45, 2.75) is 6.42 Å². The van der Waals surface area contributed by atoms with Crippen LogP contribution in [0.2, 0.25) is 0 Å². The van der Waals surface area contributed by atoms with Gasteiger partial charge in [-0.2, -0.15) is 0 Å². The van der Waals surface area contributed by atoms with Crippen molar-refractivity contribution in [2.75, 3.05) is 46.1 Å². The van der Waals surface area contributed by atoms with Gasteiger partial charge in [0.05, 0.1) is 13.4 Å². The maximum atomic E-state index is 12.8. The molecule has 1 N–H and O–H groups in total. The number of piperazine rings is 1. The highest BCUT2D eigenvalue weighted by Crippen LogP contribution is 2.16. The smallest absolute Gasteiger partial charge is 0.253 e. The van der Waals surface area contributed by atoms with E-state index in [0.29, 0.717) is 56.0 Å². The summed E-state index contributed by atoms with van der Waals surface area (Å²) in [7, 11) is -1.63. The average molecular weight is 446 g/mol. The molecule has 0 saturated carbocycles. The van der Waals surface area contributed by atoms with Crippen LogP contribution in [-0.4, -0.2) is 76.1 Å². The van der Waals surface area contributed by atoms with E-state index >= 15 is 0 Å². The van der Waals surface area contributed by atoms with Crippen molar-refractivity contribution < 1.29 is 22.7 Å². The van der Waals surface area contributed by atoms with Crippen LogP contribution in [0.15, 0.2) is 48.5 Å². The summed E-state index contributed by atoms with van der Waals surface area (Å²) in [4.78, 5) is 29.0. The van der Waals surface area contributed by atoms with Gasteiger partial charge in [0, 0.05) is 43.9 Å². The molecule has 0 unspecified atom stereocenters. The number of ether oxygens (including phenoxy) is 1. The van der Waals surface area contributed by atoms with Gasteiger partial charge in [0.15, 0.2) is 0 Å². The minimum absolute atomic E-state index is 0.0539.